The van der Waals surface area contributed by atoms with E-state index in [2.05, 4.69) is 15.7 Å². The van der Waals surface area contributed by atoms with Gasteiger partial charge in [-0.05, 0) is 63.3 Å². The highest BCUT2D eigenvalue weighted by Gasteiger charge is 2.23. The zero-order valence-electron chi connectivity index (χ0n) is 17.6. The Morgan fingerprint density at radius 2 is 1.97 bits per heavy atom. The number of hydrogen-bond donors (Lipinski definition) is 0. The van der Waals surface area contributed by atoms with Crippen molar-refractivity contribution in [2.24, 2.45) is 0 Å². The van der Waals surface area contributed by atoms with E-state index in [0.717, 1.165) is 92.7 Å². The Labute approximate surface area is 176 Å². The van der Waals surface area contributed by atoms with Crippen molar-refractivity contribution in [3.05, 3.63) is 63.7 Å². The fourth-order valence-corrected chi connectivity index (χ4v) is 5.16. The average molecular weight is 409 g/mol. The number of halogens is 1. The molecule has 30 heavy (non-hydrogen) atoms. The van der Waals surface area contributed by atoms with E-state index in [1.807, 2.05) is 23.6 Å². The van der Waals surface area contributed by atoms with Gasteiger partial charge in [0.25, 0.3) is 5.56 Å². The molecular weight excluding hydrogens is 379 g/mol. The van der Waals surface area contributed by atoms with Gasteiger partial charge in [-0.15, -0.1) is 0 Å². The van der Waals surface area contributed by atoms with Crippen LogP contribution in [0, 0.1) is 12.7 Å². The Morgan fingerprint density at radius 1 is 1.13 bits per heavy atom. The number of benzene rings is 1. The number of piperidine rings is 1. The summed E-state index contributed by atoms with van der Waals surface area (Å²) in [5.41, 5.74) is 3.09. The van der Waals surface area contributed by atoms with Crippen molar-refractivity contribution in [2.75, 3.05) is 19.6 Å². The maximum absolute atomic E-state index is 13.5. The van der Waals surface area contributed by atoms with E-state index in [0.29, 0.717) is 6.04 Å². The number of aryl methyl sites for hydroxylation is 2. The molecule has 0 atom stereocenters. The van der Waals surface area contributed by atoms with E-state index in [4.69, 9.17) is 4.98 Å². The predicted octanol–water partition coefficient (Wildman–Crippen LogP) is 3.86. The summed E-state index contributed by atoms with van der Waals surface area (Å²) in [5, 5.41) is 0.966. The standard InChI is InChI=1S/C24H29FN4O/c1-17-21(24(30)29-11-3-2-4-23(29)26-17)10-14-27-12-8-20(9-13-27)28-15-7-18-16-19(25)5-6-22(18)28/h5-7,15-16,20H,2-4,8-14H2,1H3. The summed E-state index contributed by atoms with van der Waals surface area (Å²) in [7, 11) is 0. The third kappa shape index (κ3) is 3.58. The van der Waals surface area contributed by atoms with Crippen molar-refractivity contribution in [1.29, 1.82) is 0 Å². The Bertz CT molecular complexity index is 1120. The fourth-order valence-electron chi connectivity index (χ4n) is 5.16. The van der Waals surface area contributed by atoms with Gasteiger partial charge < -0.3 is 9.47 Å². The van der Waals surface area contributed by atoms with E-state index in [1.54, 1.807) is 12.1 Å². The van der Waals surface area contributed by atoms with Crippen LogP contribution in [0.25, 0.3) is 10.9 Å². The molecule has 0 aliphatic carbocycles. The van der Waals surface area contributed by atoms with Crippen LogP contribution >= 0.6 is 0 Å². The SMILES string of the molecule is Cc1nc2n(c(=O)c1CCN1CCC(n3ccc4cc(F)ccc43)CC1)CCCC2. The summed E-state index contributed by atoms with van der Waals surface area (Å²) in [4.78, 5) is 20.1. The highest BCUT2D eigenvalue weighted by atomic mass is 19.1. The maximum atomic E-state index is 13.5. The van der Waals surface area contributed by atoms with Crippen molar-refractivity contribution in [2.45, 2.75) is 58.0 Å². The largest absolute Gasteiger partial charge is 0.344 e. The molecule has 0 unspecified atom stereocenters. The van der Waals surface area contributed by atoms with E-state index >= 15 is 0 Å². The third-order valence-corrected chi connectivity index (χ3v) is 6.89. The Morgan fingerprint density at radius 3 is 2.80 bits per heavy atom. The summed E-state index contributed by atoms with van der Waals surface area (Å²) in [5.74, 6) is 0.782. The van der Waals surface area contributed by atoms with Crippen molar-refractivity contribution in [1.82, 2.24) is 19.0 Å². The van der Waals surface area contributed by atoms with Gasteiger partial charge in [-0.25, -0.2) is 9.37 Å². The first-order valence-electron chi connectivity index (χ1n) is 11.2. The van der Waals surface area contributed by atoms with Gasteiger partial charge in [-0.2, -0.15) is 0 Å². The molecule has 5 rings (SSSR count). The smallest absolute Gasteiger partial charge is 0.256 e. The lowest BCUT2D eigenvalue weighted by Crippen LogP contribution is -2.38. The van der Waals surface area contributed by atoms with Crippen molar-refractivity contribution >= 4 is 10.9 Å². The molecule has 0 bridgehead atoms. The van der Waals surface area contributed by atoms with Gasteiger partial charge in [0, 0.05) is 67.0 Å². The fraction of sp³-hybridized carbons (Fsp3) is 0.500. The van der Waals surface area contributed by atoms with Crippen LogP contribution in [0.3, 0.4) is 0 Å². The van der Waals surface area contributed by atoms with Gasteiger partial charge in [0.05, 0.1) is 0 Å². The molecule has 2 aromatic heterocycles. The van der Waals surface area contributed by atoms with Crippen LogP contribution in [0.15, 0.2) is 35.3 Å². The van der Waals surface area contributed by atoms with Gasteiger partial charge in [-0.1, -0.05) is 0 Å². The second-order valence-corrected chi connectivity index (χ2v) is 8.75. The third-order valence-electron chi connectivity index (χ3n) is 6.89. The van der Waals surface area contributed by atoms with Crippen molar-refractivity contribution < 1.29 is 4.39 Å². The minimum Gasteiger partial charge on any atom is -0.344 e. The molecule has 0 saturated carbocycles. The molecule has 6 heteroatoms. The van der Waals surface area contributed by atoms with Crippen molar-refractivity contribution in [3.63, 3.8) is 0 Å². The molecular formula is C24H29FN4O. The summed E-state index contributed by atoms with van der Waals surface area (Å²) in [6, 6.07) is 7.48. The maximum Gasteiger partial charge on any atom is 0.256 e. The minimum atomic E-state index is -0.182. The van der Waals surface area contributed by atoms with Crippen LogP contribution in [0.2, 0.25) is 0 Å². The molecule has 1 aromatic carbocycles. The van der Waals surface area contributed by atoms with Crippen LogP contribution in [0.5, 0.6) is 0 Å². The quantitative estimate of drug-likeness (QED) is 0.658. The van der Waals surface area contributed by atoms with E-state index in [-0.39, 0.29) is 11.4 Å². The lowest BCUT2D eigenvalue weighted by molar-refractivity contribution is 0.190. The molecule has 1 fully saturated rings. The summed E-state index contributed by atoms with van der Waals surface area (Å²) >= 11 is 0. The first kappa shape index (κ1) is 19.5. The Hall–Kier alpha value is -2.47. The predicted molar refractivity (Wildman–Crippen MR) is 116 cm³/mol. The number of fused-ring (bicyclic) bond motifs is 2. The topological polar surface area (TPSA) is 43.1 Å². The van der Waals surface area contributed by atoms with Crippen molar-refractivity contribution in [3.8, 4) is 0 Å². The number of hydrogen-bond acceptors (Lipinski definition) is 3. The zero-order chi connectivity index (χ0) is 20.7. The van der Waals surface area contributed by atoms with Gasteiger partial charge in [0.15, 0.2) is 0 Å². The summed E-state index contributed by atoms with van der Waals surface area (Å²) in [6.45, 7) is 5.74. The number of likely N-dealkylation sites (tertiary alicyclic amines) is 1. The van der Waals surface area contributed by atoms with Crippen LogP contribution in [-0.2, 0) is 19.4 Å². The molecule has 2 aliphatic rings. The number of aromatic nitrogens is 3. The normalized spacial score (nSPS) is 18.1. The lowest BCUT2D eigenvalue weighted by Gasteiger charge is -2.33. The monoisotopic (exact) mass is 408 g/mol. The van der Waals surface area contributed by atoms with Gasteiger partial charge >= 0.3 is 0 Å². The molecule has 1 saturated heterocycles. The number of rotatable bonds is 4. The van der Waals surface area contributed by atoms with Gasteiger partial charge in [-0.3, -0.25) is 9.36 Å². The molecule has 5 nitrogen and oxygen atoms in total. The highest BCUT2D eigenvalue weighted by Crippen LogP contribution is 2.28. The summed E-state index contributed by atoms with van der Waals surface area (Å²) in [6.07, 6.45) is 8.13. The van der Waals surface area contributed by atoms with Crippen LogP contribution in [0.4, 0.5) is 4.39 Å². The molecule has 0 N–H and O–H groups in total. The molecule has 0 radical (unpaired) electrons. The molecule has 3 aromatic rings. The van der Waals surface area contributed by atoms with Gasteiger partial charge in [0.2, 0.25) is 0 Å². The molecule has 4 heterocycles. The number of nitrogens with zero attached hydrogens (tertiary/aromatic N) is 4. The van der Waals surface area contributed by atoms with Crippen LogP contribution in [0.1, 0.15) is 48.8 Å². The average Bonchev–Trinajstić information content (AvgIpc) is 3.17. The van der Waals surface area contributed by atoms with E-state index in [1.165, 1.54) is 0 Å². The van der Waals surface area contributed by atoms with Crippen LogP contribution in [-0.4, -0.2) is 38.7 Å². The lowest BCUT2D eigenvalue weighted by atomic mass is 10.0. The molecule has 158 valence electrons. The first-order valence-corrected chi connectivity index (χ1v) is 11.2. The van der Waals surface area contributed by atoms with Gasteiger partial charge in [0.1, 0.15) is 11.6 Å². The highest BCUT2D eigenvalue weighted by molar-refractivity contribution is 5.80. The molecule has 2 aliphatic heterocycles. The summed E-state index contributed by atoms with van der Waals surface area (Å²) < 4.78 is 17.7. The van der Waals surface area contributed by atoms with E-state index < -0.39 is 0 Å². The first-order chi connectivity index (χ1) is 14.6. The Kier molecular flexibility index (Phi) is 5.19. The second-order valence-electron chi connectivity index (χ2n) is 8.75. The minimum absolute atomic E-state index is 0.179. The zero-order valence-corrected chi connectivity index (χ0v) is 17.6. The molecule has 0 amide bonds. The van der Waals surface area contributed by atoms with Crippen LogP contribution < -0.4 is 5.56 Å². The van der Waals surface area contributed by atoms with E-state index in [9.17, 15) is 9.18 Å². The Balaban J connectivity index is 1.23. The molecule has 0 spiro atoms. The second kappa shape index (κ2) is 7.99.